The molecule has 0 heterocycles. The predicted molar refractivity (Wildman–Crippen MR) is 71.8 cm³/mol. The van der Waals surface area contributed by atoms with Crippen LogP contribution in [0.25, 0.3) is 0 Å². The highest BCUT2D eigenvalue weighted by Crippen LogP contribution is 2.17. The van der Waals surface area contributed by atoms with Gasteiger partial charge in [-0.1, -0.05) is 17.7 Å². The van der Waals surface area contributed by atoms with Gasteiger partial charge >= 0.3 is 5.97 Å². The summed E-state index contributed by atoms with van der Waals surface area (Å²) in [5, 5.41) is 11.2. The fourth-order valence-electron chi connectivity index (χ4n) is 1.41. The first-order valence-electron chi connectivity index (χ1n) is 5.68. The standard InChI is InChI=1S/C13H17NO3S/c1-9-3-5-11(6-4-9)18-8-12(15)14-10(2)7-13(16)17/h3-6,10H,7-8H2,1-2H3,(H,14,15)(H,16,17)/t10-/m0/s1. The van der Waals surface area contributed by atoms with Crippen molar-refractivity contribution in [2.24, 2.45) is 0 Å². The van der Waals surface area contributed by atoms with Crippen LogP contribution in [-0.2, 0) is 9.59 Å². The van der Waals surface area contributed by atoms with Crippen molar-refractivity contribution in [1.82, 2.24) is 5.32 Å². The third-order valence-corrected chi connectivity index (χ3v) is 3.29. The van der Waals surface area contributed by atoms with E-state index in [2.05, 4.69) is 5.32 Å². The number of carboxylic acids is 1. The topological polar surface area (TPSA) is 66.4 Å². The van der Waals surface area contributed by atoms with Crippen LogP contribution in [0.4, 0.5) is 0 Å². The van der Waals surface area contributed by atoms with Gasteiger partial charge in [-0.05, 0) is 26.0 Å². The molecule has 0 unspecified atom stereocenters. The molecule has 0 aliphatic heterocycles. The number of hydrogen-bond donors (Lipinski definition) is 2. The average molecular weight is 267 g/mol. The quantitative estimate of drug-likeness (QED) is 0.774. The molecule has 0 saturated carbocycles. The summed E-state index contributed by atoms with van der Waals surface area (Å²) in [4.78, 5) is 23.0. The lowest BCUT2D eigenvalue weighted by Crippen LogP contribution is -2.35. The van der Waals surface area contributed by atoms with Crippen molar-refractivity contribution in [2.75, 3.05) is 5.75 Å². The Hall–Kier alpha value is -1.49. The van der Waals surface area contributed by atoms with E-state index in [-0.39, 0.29) is 18.4 Å². The molecule has 2 N–H and O–H groups in total. The molecule has 0 aliphatic carbocycles. The molecule has 1 atom stereocenters. The summed E-state index contributed by atoms with van der Waals surface area (Å²) in [5.41, 5.74) is 1.18. The lowest BCUT2D eigenvalue weighted by Gasteiger charge is -2.11. The first-order valence-corrected chi connectivity index (χ1v) is 6.66. The van der Waals surface area contributed by atoms with Crippen LogP contribution in [0.5, 0.6) is 0 Å². The Bertz CT molecular complexity index is 417. The zero-order chi connectivity index (χ0) is 13.5. The molecule has 0 aliphatic rings. The highest BCUT2D eigenvalue weighted by molar-refractivity contribution is 8.00. The molecule has 0 radical (unpaired) electrons. The molecule has 1 aromatic rings. The van der Waals surface area contributed by atoms with Crippen LogP contribution in [0.2, 0.25) is 0 Å². The van der Waals surface area contributed by atoms with Gasteiger partial charge < -0.3 is 10.4 Å². The van der Waals surface area contributed by atoms with Gasteiger partial charge in [-0.15, -0.1) is 11.8 Å². The van der Waals surface area contributed by atoms with Gasteiger partial charge in [0.15, 0.2) is 0 Å². The van der Waals surface area contributed by atoms with Gasteiger partial charge in [-0.2, -0.15) is 0 Å². The molecule has 0 fully saturated rings. The summed E-state index contributed by atoms with van der Waals surface area (Å²) < 4.78 is 0. The van der Waals surface area contributed by atoms with Gasteiger partial charge in [0, 0.05) is 10.9 Å². The number of rotatable bonds is 6. The van der Waals surface area contributed by atoms with E-state index in [0.29, 0.717) is 5.75 Å². The molecule has 98 valence electrons. The molecule has 1 amide bonds. The third-order valence-electron chi connectivity index (χ3n) is 2.28. The SMILES string of the molecule is Cc1ccc(SCC(=O)N[C@@H](C)CC(=O)O)cc1. The summed E-state index contributed by atoms with van der Waals surface area (Å²) >= 11 is 1.44. The van der Waals surface area contributed by atoms with Gasteiger partial charge in [0.05, 0.1) is 12.2 Å². The normalized spacial score (nSPS) is 11.9. The first-order chi connectivity index (χ1) is 8.47. The summed E-state index contributed by atoms with van der Waals surface area (Å²) in [7, 11) is 0. The van der Waals surface area contributed by atoms with Crippen LogP contribution in [0.15, 0.2) is 29.2 Å². The predicted octanol–water partition coefficient (Wildman–Crippen LogP) is 2.07. The minimum Gasteiger partial charge on any atom is -0.481 e. The number of amides is 1. The van der Waals surface area contributed by atoms with Crippen molar-refractivity contribution in [3.05, 3.63) is 29.8 Å². The average Bonchev–Trinajstić information content (AvgIpc) is 2.27. The number of aryl methyl sites for hydroxylation is 1. The molecular formula is C13H17NO3S. The lowest BCUT2D eigenvalue weighted by molar-refractivity contribution is -0.137. The smallest absolute Gasteiger partial charge is 0.305 e. The fraction of sp³-hybridized carbons (Fsp3) is 0.385. The van der Waals surface area contributed by atoms with Crippen LogP contribution in [0.1, 0.15) is 18.9 Å². The van der Waals surface area contributed by atoms with E-state index in [1.807, 2.05) is 31.2 Å². The van der Waals surface area contributed by atoms with Gasteiger partial charge in [0.25, 0.3) is 0 Å². The monoisotopic (exact) mass is 267 g/mol. The Morgan fingerprint density at radius 1 is 1.33 bits per heavy atom. The Kier molecular flexibility index (Phi) is 5.71. The van der Waals surface area contributed by atoms with E-state index < -0.39 is 5.97 Å². The van der Waals surface area contributed by atoms with Gasteiger partial charge in [-0.3, -0.25) is 9.59 Å². The van der Waals surface area contributed by atoms with Crippen LogP contribution in [0.3, 0.4) is 0 Å². The molecule has 0 aromatic heterocycles. The van der Waals surface area contributed by atoms with Crippen molar-refractivity contribution in [3.8, 4) is 0 Å². The third kappa shape index (κ3) is 5.72. The number of nitrogens with one attached hydrogen (secondary N) is 1. The zero-order valence-electron chi connectivity index (χ0n) is 10.5. The van der Waals surface area contributed by atoms with Gasteiger partial charge in [-0.25, -0.2) is 0 Å². The number of aliphatic carboxylic acids is 1. The van der Waals surface area contributed by atoms with E-state index in [1.54, 1.807) is 6.92 Å². The second-order valence-corrected chi connectivity index (χ2v) is 5.22. The van der Waals surface area contributed by atoms with E-state index in [0.717, 1.165) is 4.90 Å². The number of carbonyl (C=O) groups excluding carboxylic acids is 1. The molecule has 4 nitrogen and oxygen atoms in total. The van der Waals surface area contributed by atoms with Gasteiger partial charge in [0.1, 0.15) is 0 Å². The van der Waals surface area contributed by atoms with Crippen LogP contribution >= 0.6 is 11.8 Å². The van der Waals surface area contributed by atoms with Crippen molar-refractivity contribution in [3.63, 3.8) is 0 Å². The molecule has 0 spiro atoms. The highest BCUT2D eigenvalue weighted by Gasteiger charge is 2.10. The van der Waals surface area contributed by atoms with Crippen molar-refractivity contribution < 1.29 is 14.7 Å². The van der Waals surface area contributed by atoms with Crippen molar-refractivity contribution >= 4 is 23.6 Å². The number of thioether (sulfide) groups is 1. The van der Waals surface area contributed by atoms with Crippen molar-refractivity contribution in [2.45, 2.75) is 31.2 Å². The van der Waals surface area contributed by atoms with Gasteiger partial charge in [0.2, 0.25) is 5.91 Å². The van der Waals surface area contributed by atoms with Crippen LogP contribution in [-0.4, -0.2) is 28.8 Å². The number of carbonyl (C=O) groups is 2. The van der Waals surface area contributed by atoms with E-state index >= 15 is 0 Å². The van der Waals surface area contributed by atoms with Crippen LogP contribution in [0, 0.1) is 6.92 Å². The van der Waals surface area contributed by atoms with Crippen LogP contribution < -0.4 is 5.32 Å². The van der Waals surface area contributed by atoms with Crippen molar-refractivity contribution in [1.29, 1.82) is 0 Å². The molecular weight excluding hydrogens is 250 g/mol. The Morgan fingerprint density at radius 2 is 1.94 bits per heavy atom. The summed E-state index contributed by atoms with van der Waals surface area (Å²) in [6, 6.07) is 7.58. The minimum atomic E-state index is -0.908. The second-order valence-electron chi connectivity index (χ2n) is 4.17. The number of carboxylic acid groups (broad SMARTS) is 1. The summed E-state index contributed by atoms with van der Waals surface area (Å²) in [5.74, 6) is -0.754. The molecule has 0 bridgehead atoms. The minimum absolute atomic E-state index is 0.0546. The lowest BCUT2D eigenvalue weighted by atomic mass is 10.2. The maximum absolute atomic E-state index is 11.6. The molecule has 1 aromatic carbocycles. The van der Waals surface area contributed by atoms with E-state index in [9.17, 15) is 9.59 Å². The second kappa shape index (κ2) is 7.06. The molecule has 5 heteroatoms. The summed E-state index contributed by atoms with van der Waals surface area (Å²) in [6.07, 6.45) is -0.0546. The number of hydrogen-bond acceptors (Lipinski definition) is 3. The fourth-order valence-corrected chi connectivity index (χ4v) is 2.12. The Balaban J connectivity index is 2.32. The largest absolute Gasteiger partial charge is 0.481 e. The summed E-state index contributed by atoms with van der Waals surface area (Å²) in [6.45, 7) is 3.69. The molecule has 0 saturated heterocycles. The Labute approximate surface area is 111 Å². The Morgan fingerprint density at radius 3 is 2.50 bits per heavy atom. The number of benzene rings is 1. The zero-order valence-corrected chi connectivity index (χ0v) is 11.3. The first kappa shape index (κ1) is 14.6. The van der Waals surface area contributed by atoms with E-state index in [1.165, 1.54) is 17.3 Å². The van der Waals surface area contributed by atoms with E-state index in [4.69, 9.17) is 5.11 Å². The maximum atomic E-state index is 11.6. The maximum Gasteiger partial charge on any atom is 0.305 e. The molecule has 18 heavy (non-hydrogen) atoms. The molecule has 1 rings (SSSR count). The highest BCUT2D eigenvalue weighted by atomic mass is 32.2.